The molecule has 130 valence electrons. The predicted octanol–water partition coefficient (Wildman–Crippen LogP) is 3.44. The summed E-state index contributed by atoms with van der Waals surface area (Å²) in [5.74, 6) is 0.643. The Balaban J connectivity index is 1.60. The zero-order valence-electron chi connectivity index (χ0n) is 14.2. The summed E-state index contributed by atoms with van der Waals surface area (Å²) < 4.78 is 28.5. The number of benzene rings is 2. The summed E-state index contributed by atoms with van der Waals surface area (Å²) in [6.45, 7) is 3.14. The fourth-order valence-electron chi connectivity index (χ4n) is 2.62. The Morgan fingerprint density at radius 1 is 1.08 bits per heavy atom. The average molecular weight is 356 g/mol. The molecule has 0 aliphatic rings. The van der Waals surface area contributed by atoms with E-state index in [1.54, 1.807) is 30.5 Å². The summed E-state index contributed by atoms with van der Waals surface area (Å²) in [5.41, 5.74) is 3.15. The van der Waals surface area contributed by atoms with Crippen molar-refractivity contribution >= 4 is 26.4 Å². The number of rotatable bonds is 6. The highest BCUT2D eigenvalue weighted by molar-refractivity contribution is 7.90. The van der Waals surface area contributed by atoms with Gasteiger partial charge in [0.25, 0.3) is 0 Å². The minimum Gasteiger partial charge on any atom is -0.492 e. The fraction of sp³-hybridized carbons (Fsp3) is 0.211. The molecule has 2 aromatic carbocycles. The molecule has 6 heteroatoms. The molecular weight excluding hydrogens is 336 g/mol. The Kier molecular flexibility index (Phi) is 4.90. The molecule has 0 bridgehead atoms. The number of anilines is 1. The van der Waals surface area contributed by atoms with Gasteiger partial charge in [0.05, 0.1) is 10.4 Å². The third kappa shape index (κ3) is 4.09. The second kappa shape index (κ2) is 7.11. The number of fused-ring (bicyclic) bond motifs is 1. The van der Waals surface area contributed by atoms with Crippen LogP contribution in [0, 0.1) is 6.92 Å². The van der Waals surface area contributed by atoms with Gasteiger partial charge in [0.2, 0.25) is 0 Å². The maximum absolute atomic E-state index is 11.4. The highest BCUT2D eigenvalue weighted by Gasteiger charge is 2.06. The van der Waals surface area contributed by atoms with Gasteiger partial charge in [-0.3, -0.25) is 4.98 Å². The lowest BCUT2D eigenvalue weighted by Crippen LogP contribution is -2.12. The highest BCUT2D eigenvalue weighted by atomic mass is 32.2. The predicted molar refractivity (Wildman–Crippen MR) is 100 cm³/mol. The monoisotopic (exact) mass is 356 g/mol. The number of aryl methyl sites for hydroxylation is 1. The van der Waals surface area contributed by atoms with E-state index in [0.29, 0.717) is 18.9 Å². The van der Waals surface area contributed by atoms with Crippen molar-refractivity contribution in [3.05, 3.63) is 60.3 Å². The average Bonchev–Trinajstić information content (AvgIpc) is 2.59. The number of nitrogens with one attached hydrogen (secondary N) is 1. The normalized spacial score (nSPS) is 11.4. The van der Waals surface area contributed by atoms with Gasteiger partial charge in [-0.2, -0.15) is 0 Å². The number of hydrogen-bond acceptors (Lipinski definition) is 5. The van der Waals surface area contributed by atoms with Crippen LogP contribution >= 0.6 is 0 Å². The van der Waals surface area contributed by atoms with Crippen molar-refractivity contribution in [2.75, 3.05) is 24.7 Å². The van der Waals surface area contributed by atoms with Crippen molar-refractivity contribution < 1.29 is 13.2 Å². The minimum absolute atomic E-state index is 0.289. The maximum atomic E-state index is 11.4. The van der Waals surface area contributed by atoms with Gasteiger partial charge in [0.1, 0.15) is 12.4 Å². The largest absolute Gasteiger partial charge is 0.492 e. The molecular formula is C19H20N2O3S. The van der Waals surface area contributed by atoms with Crippen LogP contribution in [0.4, 0.5) is 5.69 Å². The zero-order chi connectivity index (χ0) is 17.9. The molecule has 3 rings (SSSR count). The number of sulfone groups is 1. The van der Waals surface area contributed by atoms with Crippen molar-refractivity contribution in [2.24, 2.45) is 0 Å². The van der Waals surface area contributed by atoms with Gasteiger partial charge in [-0.1, -0.05) is 18.2 Å². The third-order valence-corrected chi connectivity index (χ3v) is 5.04. The van der Waals surface area contributed by atoms with E-state index in [9.17, 15) is 8.42 Å². The van der Waals surface area contributed by atoms with Crippen molar-refractivity contribution in [3.63, 3.8) is 0 Å². The maximum Gasteiger partial charge on any atom is 0.175 e. The van der Waals surface area contributed by atoms with Crippen molar-refractivity contribution in [2.45, 2.75) is 11.8 Å². The molecule has 0 unspecified atom stereocenters. The molecule has 25 heavy (non-hydrogen) atoms. The minimum atomic E-state index is -3.18. The van der Waals surface area contributed by atoms with Crippen molar-refractivity contribution in [1.82, 2.24) is 4.98 Å². The van der Waals surface area contributed by atoms with Crippen molar-refractivity contribution in [3.8, 4) is 5.75 Å². The number of pyridine rings is 1. The summed E-state index contributed by atoms with van der Waals surface area (Å²) in [6, 6.07) is 14.5. The molecule has 5 nitrogen and oxygen atoms in total. The zero-order valence-corrected chi connectivity index (χ0v) is 15.0. The van der Waals surface area contributed by atoms with Crippen LogP contribution in [0.25, 0.3) is 10.9 Å². The van der Waals surface area contributed by atoms with E-state index in [-0.39, 0.29) is 4.90 Å². The summed E-state index contributed by atoms with van der Waals surface area (Å²) in [7, 11) is -3.18. The lowest BCUT2D eigenvalue weighted by atomic mass is 10.1. The number of ether oxygens (including phenoxy) is 1. The summed E-state index contributed by atoms with van der Waals surface area (Å²) in [6.07, 6.45) is 2.98. The van der Waals surface area contributed by atoms with Gasteiger partial charge in [-0.05, 0) is 42.8 Å². The standard InChI is InChI=1S/C19H20N2O3S/c1-14-4-3-5-17-18(10-11-21-19(14)17)20-12-13-24-15-6-8-16(9-7-15)25(2,22)23/h3-11H,12-13H2,1-2H3,(H,20,21). The molecule has 1 aromatic heterocycles. The van der Waals surface area contributed by atoms with Crippen LogP contribution in [0.3, 0.4) is 0 Å². The molecule has 0 saturated heterocycles. The van der Waals surface area contributed by atoms with E-state index in [1.807, 2.05) is 31.2 Å². The van der Waals surface area contributed by atoms with Crippen LogP contribution in [0.2, 0.25) is 0 Å². The first-order valence-corrected chi connectivity index (χ1v) is 9.85. The number of para-hydroxylation sites is 1. The Labute approximate surface area is 147 Å². The molecule has 0 saturated carbocycles. The van der Waals surface area contributed by atoms with Crippen LogP contribution in [0.5, 0.6) is 5.75 Å². The fourth-order valence-corrected chi connectivity index (χ4v) is 3.25. The van der Waals surface area contributed by atoms with E-state index in [0.717, 1.165) is 22.2 Å². The van der Waals surface area contributed by atoms with E-state index in [4.69, 9.17) is 4.74 Å². The molecule has 1 heterocycles. The van der Waals surface area contributed by atoms with Gasteiger partial charge in [-0.25, -0.2) is 8.42 Å². The van der Waals surface area contributed by atoms with Gasteiger partial charge in [-0.15, -0.1) is 0 Å². The summed E-state index contributed by atoms with van der Waals surface area (Å²) in [5, 5.41) is 4.44. The molecule has 1 N–H and O–H groups in total. The van der Waals surface area contributed by atoms with Crippen molar-refractivity contribution in [1.29, 1.82) is 0 Å². The summed E-state index contributed by atoms with van der Waals surface area (Å²) >= 11 is 0. The Morgan fingerprint density at radius 3 is 2.56 bits per heavy atom. The Morgan fingerprint density at radius 2 is 1.84 bits per heavy atom. The smallest absolute Gasteiger partial charge is 0.175 e. The third-order valence-electron chi connectivity index (χ3n) is 3.91. The lowest BCUT2D eigenvalue weighted by molar-refractivity contribution is 0.332. The molecule has 0 atom stereocenters. The van der Waals surface area contributed by atoms with Crippen LogP contribution in [-0.4, -0.2) is 32.8 Å². The summed E-state index contributed by atoms with van der Waals surface area (Å²) in [4.78, 5) is 4.71. The number of aromatic nitrogens is 1. The Hall–Kier alpha value is -2.60. The van der Waals surface area contributed by atoms with Gasteiger partial charge < -0.3 is 10.1 Å². The quantitative estimate of drug-likeness (QED) is 0.685. The molecule has 0 spiro atoms. The first kappa shape index (κ1) is 17.2. The van der Waals surface area contributed by atoms with E-state index in [1.165, 1.54) is 6.26 Å². The molecule has 0 aliphatic heterocycles. The molecule has 0 radical (unpaired) electrons. The second-order valence-electron chi connectivity index (χ2n) is 5.85. The highest BCUT2D eigenvalue weighted by Crippen LogP contribution is 2.23. The second-order valence-corrected chi connectivity index (χ2v) is 7.86. The first-order valence-electron chi connectivity index (χ1n) is 7.96. The topological polar surface area (TPSA) is 68.3 Å². The van der Waals surface area contributed by atoms with Gasteiger partial charge in [0.15, 0.2) is 9.84 Å². The van der Waals surface area contributed by atoms with Gasteiger partial charge in [0, 0.05) is 30.1 Å². The van der Waals surface area contributed by atoms with Crippen LogP contribution in [0.1, 0.15) is 5.56 Å². The van der Waals surface area contributed by atoms with Crippen LogP contribution in [0.15, 0.2) is 59.6 Å². The lowest BCUT2D eigenvalue weighted by Gasteiger charge is -2.11. The molecule has 0 fully saturated rings. The van der Waals surface area contributed by atoms with E-state index < -0.39 is 9.84 Å². The molecule has 3 aromatic rings. The first-order chi connectivity index (χ1) is 11.9. The molecule has 0 aliphatic carbocycles. The van der Waals surface area contributed by atoms with Gasteiger partial charge >= 0.3 is 0 Å². The van der Waals surface area contributed by atoms with E-state index >= 15 is 0 Å². The number of nitrogens with zero attached hydrogens (tertiary/aromatic N) is 1. The number of hydrogen-bond donors (Lipinski definition) is 1. The van der Waals surface area contributed by atoms with Crippen LogP contribution in [-0.2, 0) is 9.84 Å². The molecule has 0 amide bonds. The van der Waals surface area contributed by atoms with E-state index in [2.05, 4.69) is 10.3 Å². The SMILES string of the molecule is Cc1cccc2c(NCCOc3ccc(S(C)(=O)=O)cc3)ccnc12. The van der Waals surface area contributed by atoms with Crippen LogP contribution < -0.4 is 10.1 Å². The Bertz CT molecular complexity index is 983.